The third kappa shape index (κ3) is 3.56. The van der Waals surface area contributed by atoms with Crippen molar-refractivity contribution >= 4 is 23.5 Å². The van der Waals surface area contributed by atoms with Crippen molar-refractivity contribution in [3.8, 4) is 0 Å². The monoisotopic (exact) mass is 309 g/mol. The first-order valence-electron chi connectivity index (χ1n) is 7.23. The van der Waals surface area contributed by atoms with Crippen LogP contribution in [0.3, 0.4) is 0 Å². The van der Waals surface area contributed by atoms with Crippen LogP contribution in [0.4, 0.5) is 0 Å². The molecule has 1 aliphatic rings. The molecule has 0 aliphatic heterocycles. The van der Waals surface area contributed by atoms with E-state index in [9.17, 15) is 9.59 Å². The summed E-state index contributed by atoms with van der Waals surface area (Å²) in [6.07, 6.45) is 3.47. The Kier molecular flexibility index (Phi) is 4.88. The number of hydrogen-bond acceptors (Lipinski definition) is 2. The number of carboxylic acids is 1. The van der Waals surface area contributed by atoms with Crippen molar-refractivity contribution < 1.29 is 14.7 Å². The first kappa shape index (κ1) is 15.8. The maximum Gasteiger partial charge on any atom is 0.305 e. The molecule has 1 aromatic carbocycles. The van der Waals surface area contributed by atoms with Crippen LogP contribution < -0.4 is 5.32 Å². The zero-order chi connectivity index (χ0) is 15.5. The first-order chi connectivity index (χ1) is 9.94. The van der Waals surface area contributed by atoms with E-state index in [2.05, 4.69) is 5.32 Å². The summed E-state index contributed by atoms with van der Waals surface area (Å²) < 4.78 is 0. The molecule has 1 unspecified atom stereocenters. The van der Waals surface area contributed by atoms with Crippen LogP contribution >= 0.6 is 11.6 Å². The zero-order valence-corrected chi connectivity index (χ0v) is 12.8. The summed E-state index contributed by atoms with van der Waals surface area (Å²) in [5.41, 5.74) is 0.352. The van der Waals surface area contributed by atoms with Gasteiger partial charge in [0.15, 0.2) is 0 Å². The summed E-state index contributed by atoms with van der Waals surface area (Å²) >= 11 is 6.06. The summed E-state index contributed by atoms with van der Waals surface area (Å²) in [7, 11) is 0. The van der Waals surface area contributed by atoms with Crippen molar-refractivity contribution in [3.05, 3.63) is 34.9 Å². The predicted octanol–water partition coefficient (Wildman–Crippen LogP) is 3.13. The van der Waals surface area contributed by atoms with Crippen molar-refractivity contribution in [1.82, 2.24) is 5.32 Å². The van der Waals surface area contributed by atoms with Gasteiger partial charge in [0.05, 0.1) is 11.8 Å². The van der Waals surface area contributed by atoms with Crippen molar-refractivity contribution in [2.24, 2.45) is 0 Å². The van der Waals surface area contributed by atoms with Crippen LogP contribution in [0.25, 0.3) is 0 Å². The summed E-state index contributed by atoms with van der Waals surface area (Å²) in [5, 5.41) is 12.3. The highest BCUT2D eigenvalue weighted by molar-refractivity contribution is 6.30. The number of carbonyl (C=O) groups excluding carboxylic acids is 1. The van der Waals surface area contributed by atoms with Crippen LogP contribution in [-0.2, 0) is 15.0 Å². The molecular weight excluding hydrogens is 290 g/mol. The Labute approximate surface area is 129 Å². The van der Waals surface area contributed by atoms with E-state index in [1.165, 1.54) is 0 Å². The van der Waals surface area contributed by atoms with Gasteiger partial charge in [-0.1, -0.05) is 36.6 Å². The normalized spacial score (nSPS) is 18.2. The Morgan fingerprint density at radius 2 is 2.05 bits per heavy atom. The number of hydrogen-bond donors (Lipinski definition) is 2. The minimum absolute atomic E-state index is 0.0721. The summed E-state index contributed by atoms with van der Waals surface area (Å²) in [5.74, 6) is -0.998. The quantitative estimate of drug-likeness (QED) is 0.878. The number of carbonyl (C=O) groups is 2. The maximum atomic E-state index is 12.7. The molecule has 1 fully saturated rings. The van der Waals surface area contributed by atoms with Gasteiger partial charge in [-0.25, -0.2) is 0 Å². The van der Waals surface area contributed by atoms with Gasteiger partial charge >= 0.3 is 5.97 Å². The van der Waals surface area contributed by atoms with Crippen LogP contribution in [0.15, 0.2) is 24.3 Å². The average Bonchev–Trinajstić information content (AvgIpc) is 2.88. The van der Waals surface area contributed by atoms with Gasteiger partial charge in [-0.15, -0.1) is 0 Å². The third-order valence-corrected chi connectivity index (χ3v) is 4.36. The fourth-order valence-electron chi connectivity index (χ4n) is 3.09. The largest absolute Gasteiger partial charge is 0.481 e. The van der Waals surface area contributed by atoms with E-state index >= 15 is 0 Å². The van der Waals surface area contributed by atoms with Crippen LogP contribution in [-0.4, -0.2) is 23.0 Å². The third-order valence-electron chi connectivity index (χ3n) is 4.13. The van der Waals surface area contributed by atoms with Crippen molar-refractivity contribution in [2.75, 3.05) is 0 Å². The van der Waals surface area contributed by atoms with Gasteiger partial charge in [-0.3, -0.25) is 9.59 Å². The Balaban J connectivity index is 2.22. The van der Waals surface area contributed by atoms with Gasteiger partial charge in [0.25, 0.3) is 0 Å². The Morgan fingerprint density at radius 3 is 2.62 bits per heavy atom. The van der Waals surface area contributed by atoms with E-state index in [-0.39, 0.29) is 18.4 Å². The number of halogens is 1. The average molecular weight is 310 g/mol. The number of amides is 1. The first-order valence-corrected chi connectivity index (χ1v) is 7.61. The lowest BCUT2D eigenvalue weighted by Gasteiger charge is -2.30. The van der Waals surface area contributed by atoms with Gasteiger partial charge in [-0.2, -0.15) is 0 Å². The Hall–Kier alpha value is -1.55. The molecule has 0 bridgehead atoms. The minimum atomic E-state index is -0.911. The topological polar surface area (TPSA) is 66.4 Å². The van der Waals surface area contributed by atoms with Gasteiger partial charge in [-0.05, 0) is 37.5 Å². The molecule has 0 aromatic heterocycles. The fourth-order valence-corrected chi connectivity index (χ4v) is 3.28. The molecule has 0 spiro atoms. The van der Waals surface area contributed by atoms with E-state index in [0.29, 0.717) is 5.02 Å². The van der Waals surface area contributed by atoms with Gasteiger partial charge < -0.3 is 10.4 Å². The molecule has 114 valence electrons. The molecule has 1 aliphatic carbocycles. The zero-order valence-electron chi connectivity index (χ0n) is 12.1. The van der Waals surface area contributed by atoms with E-state index < -0.39 is 11.4 Å². The summed E-state index contributed by atoms with van der Waals surface area (Å²) in [6.45, 7) is 1.71. The van der Waals surface area contributed by atoms with Crippen LogP contribution in [0.2, 0.25) is 5.02 Å². The number of nitrogens with one attached hydrogen (secondary N) is 1. The van der Waals surface area contributed by atoms with E-state index in [1.54, 1.807) is 13.0 Å². The van der Waals surface area contributed by atoms with Crippen LogP contribution in [0.1, 0.15) is 44.6 Å². The molecular formula is C16H20ClNO3. The molecule has 4 nitrogen and oxygen atoms in total. The van der Waals surface area contributed by atoms with Crippen LogP contribution in [0, 0.1) is 0 Å². The van der Waals surface area contributed by atoms with Gasteiger partial charge in [0, 0.05) is 11.1 Å². The molecule has 1 saturated carbocycles. The predicted molar refractivity (Wildman–Crippen MR) is 81.5 cm³/mol. The standard InChI is InChI=1S/C16H20ClNO3/c1-11(9-14(19)20)18-15(21)16(7-2-3-8-16)12-5-4-6-13(17)10-12/h4-6,10-11H,2-3,7-9H2,1H3,(H,18,21)(H,19,20). The highest BCUT2D eigenvalue weighted by Crippen LogP contribution is 2.42. The van der Waals surface area contributed by atoms with E-state index in [1.807, 2.05) is 18.2 Å². The summed E-state index contributed by atoms with van der Waals surface area (Å²) in [6, 6.07) is 7.03. The lowest BCUT2D eigenvalue weighted by molar-refractivity contribution is -0.137. The molecule has 0 radical (unpaired) electrons. The van der Waals surface area contributed by atoms with Crippen molar-refractivity contribution in [3.63, 3.8) is 0 Å². The number of benzene rings is 1. The molecule has 1 atom stereocenters. The summed E-state index contributed by atoms with van der Waals surface area (Å²) in [4.78, 5) is 23.5. The van der Waals surface area contributed by atoms with Gasteiger partial charge in [0.1, 0.15) is 0 Å². The van der Waals surface area contributed by atoms with Crippen molar-refractivity contribution in [1.29, 1.82) is 0 Å². The Morgan fingerprint density at radius 1 is 1.38 bits per heavy atom. The maximum absolute atomic E-state index is 12.7. The highest BCUT2D eigenvalue weighted by atomic mass is 35.5. The number of rotatable bonds is 5. The second kappa shape index (κ2) is 6.48. The second-order valence-corrected chi connectivity index (χ2v) is 6.21. The van der Waals surface area contributed by atoms with E-state index in [4.69, 9.17) is 16.7 Å². The molecule has 1 amide bonds. The van der Waals surface area contributed by atoms with Crippen molar-refractivity contribution in [2.45, 2.75) is 50.5 Å². The molecule has 5 heteroatoms. The SMILES string of the molecule is CC(CC(=O)O)NC(=O)C1(c2cccc(Cl)c2)CCCC1. The molecule has 0 heterocycles. The number of aliphatic carboxylic acids is 1. The molecule has 0 saturated heterocycles. The number of carboxylic acid groups (broad SMARTS) is 1. The van der Waals surface area contributed by atoms with E-state index in [0.717, 1.165) is 31.2 Å². The Bertz CT molecular complexity index is 538. The second-order valence-electron chi connectivity index (χ2n) is 5.77. The fraction of sp³-hybridized carbons (Fsp3) is 0.500. The molecule has 21 heavy (non-hydrogen) atoms. The van der Waals surface area contributed by atoms with Crippen LogP contribution in [0.5, 0.6) is 0 Å². The molecule has 2 rings (SSSR count). The highest BCUT2D eigenvalue weighted by Gasteiger charge is 2.43. The lowest BCUT2D eigenvalue weighted by atomic mass is 9.78. The lowest BCUT2D eigenvalue weighted by Crippen LogP contribution is -2.46. The van der Waals surface area contributed by atoms with Gasteiger partial charge in [0.2, 0.25) is 5.91 Å². The molecule has 2 N–H and O–H groups in total. The minimum Gasteiger partial charge on any atom is -0.481 e. The molecule has 1 aromatic rings. The smallest absolute Gasteiger partial charge is 0.305 e.